The third-order valence-corrected chi connectivity index (χ3v) is 3.92. The zero-order valence-corrected chi connectivity index (χ0v) is 13.3. The molecule has 4 nitrogen and oxygen atoms in total. The van der Waals surface area contributed by atoms with Crippen LogP contribution in [0.5, 0.6) is 0 Å². The van der Waals surface area contributed by atoms with Gasteiger partial charge < -0.3 is 9.64 Å². The molecule has 4 heteroatoms. The van der Waals surface area contributed by atoms with E-state index in [2.05, 4.69) is 44.3 Å². The van der Waals surface area contributed by atoms with E-state index in [0.717, 1.165) is 19.4 Å². The Morgan fingerprint density at radius 3 is 2.86 bits per heavy atom. The first-order valence-electron chi connectivity index (χ1n) is 7.81. The van der Waals surface area contributed by atoms with Crippen molar-refractivity contribution >= 4 is 5.91 Å². The SMILES string of the molecule is CCCCOCCN1C(=O)CNC1c1ccc(C)cc1C. The van der Waals surface area contributed by atoms with Crippen molar-refractivity contribution in [2.24, 2.45) is 0 Å². The van der Waals surface area contributed by atoms with Gasteiger partial charge in [-0.15, -0.1) is 0 Å². The molecule has 21 heavy (non-hydrogen) atoms. The maximum atomic E-state index is 12.1. The van der Waals surface area contributed by atoms with Crippen molar-refractivity contribution in [2.45, 2.75) is 39.8 Å². The lowest BCUT2D eigenvalue weighted by Gasteiger charge is -2.26. The van der Waals surface area contributed by atoms with Gasteiger partial charge in [-0.2, -0.15) is 0 Å². The van der Waals surface area contributed by atoms with Crippen LogP contribution >= 0.6 is 0 Å². The van der Waals surface area contributed by atoms with Crippen LogP contribution in [0.25, 0.3) is 0 Å². The van der Waals surface area contributed by atoms with Crippen LogP contribution < -0.4 is 5.32 Å². The highest BCUT2D eigenvalue weighted by Crippen LogP contribution is 2.25. The molecular formula is C17H26N2O2. The van der Waals surface area contributed by atoms with Crippen LogP contribution in [0.2, 0.25) is 0 Å². The Bertz CT molecular complexity index is 488. The Morgan fingerprint density at radius 2 is 2.14 bits per heavy atom. The average molecular weight is 290 g/mol. The number of benzene rings is 1. The maximum Gasteiger partial charge on any atom is 0.238 e. The summed E-state index contributed by atoms with van der Waals surface area (Å²) in [5.74, 6) is 0.152. The number of carbonyl (C=O) groups excluding carboxylic acids is 1. The molecular weight excluding hydrogens is 264 g/mol. The molecule has 0 spiro atoms. The summed E-state index contributed by atoms with van der Waals surface area (Å²) in [7, 11) is 0. The number of hydrogen-bond acceptors (Lipinski definition) is 3. The van der Waals surface area contributed by atoms with Gasteiger partial charge in [-0.1, -0.05) is 37.1 Å². The third-order valence-electron chi connectivity index (χ3n) is 3.92. The van der Waals surface area contributed by atoms with E-state index in [-0.39, 0.29) is 12.1 Å². The van der Waals surface area contributed by atoms with Crippen molar-refractivity contribution in [1.82, 2.24) is 10.2 Å². The summed E-state index contributed by atoms with van der Waals surface area (Å²) >= 11 is 0. The zero-order valence-electron chi connectivity index (χ0n) is 13.3. The minimum atomic E-state index is -0.0205. The molecule has 0 saturated carbocycles. The lowest BCUT2D eigenvalue weighted by Crippen LogP contribution is -2.33. The fourth-order valence-corrected chi connectivity index (χ4v) is 2.72. The molecule has 1 aliphatic heterocycles. The Labute approximate surface area is 127 Å². The number of unbranched alkanes of at least 4 members (excludes halogenated alkanes) is 1. The second-order valence-electron chi connectivity index (χ2n) is 5.70. The topological polar surface area (TPSA) is 41.6 Å². The molecule has 1 saturated heterocycles. The number of nitrogens with one attached hydrogen (secondary N) is 1. The van der Waals surface area contributed by atoms with Crippen molar-refractivity contribution in [3.63, 3.8) is 0 Å². The molecule has 0 bridgehead atoms. The lowest BCUT2D eigenvalue weighted by atomic mass is 10.0. The minimum Gasteiger partial charge on any atom is -0.380 e. The third kappa shape index (κ3) is 4.05. The summed E-state index contributed by atoms with van der Waals surface area (Å²) < 4.78 is 5.60. The lowest BCUT2D eigenvalue weighted by molar-refractivity contribution is -0.128. The van der Waals surface area contributed by atoms with E-state index in [1.807, 2.05) is 4.90 Å². The van der Waals surface area contributed by atoms with Gasteiger partial charge in [-0.25, -0.2) is 0 Å². The van der Waals surface area contributed by atoms with Gasteiger partial charge >= 0.3 is 0 Å². The molecule has 1 aromatic carbocycles. The summed E-state index contributed by atoms with van der Waals surface area (Å²) in [5.41, 5.74) is 3.65. The molecule has 1 aliphatic rings. The highest BCUT2D eigenvalue weighted by Gasteiger charge is 2.31. The fourth-order valence-electron chi connectivity index (χ4n) is 2.72. The van der Waals surface area contributed by atoms with Gasteiger partial charge in [0.1, 0.15) is 6.17 Å². The van der Waals surface area contributed by atoms with Crippen LogP contribution in [0.15, 0.2) is 18.2 Å². The Kier molecular flexibility index (Phi) is 5.76. The van der Waals surface area contributed by atoms with E-state index in [1.54, 1.807) is 0 Å². The van der Waals surface area contributed by atoms with Crippen LogP contribution in [0.3, 0.4) is 0 Å². The number of amides is 1. The monoisotopic (exact) mass is 290 g/mol. The number of carbonyl (C=O) groups is 1. The number of aryl methyl sites for hydroxylation is 2. The van der Waals surface area contributed by atoms with Crippen molar-refractivity contribution in [1.29, 1.82) is 0 Å². The molecule has 1 heterocycles. The van der Waals surface area contributed by atoms with E-state index in [4.69, 9.17) is 4.74 Å². The highest BCUT2D eigenvalue weighted by molar-refractivity contribution is 5.81. The highest BCUT2D eigenvalue weighted by atomic mass is 16.5. The Hall–Kier alpha value is -1.39. The zero-order chi connectivity index (χ0) is 15.2. The number of hydrogen-bond donors (Lipinski definition) is 1. The molecule has 1 atom stereocenters. The smallest absolute Gasteiger partial charge is 0.238 e. The summed E-state index contributed by atoms with van der Waals surface area (Å²) in [6, 6.07) is 6.38. The van der Waals surface area contributed by atoms with Crippen LogP contribution in [0.4, 0.5) is 0 Å². The second-order valence-corrected chi connectivity index (χ2v) is 5.70. The quantitative estimate of drug-likeness (QED) is 0.785. The summed E-state index contributed by atoms with van der Waals surface area (Å²) in [6.07, 6.45) is 2.19. The Balaban J connectivity index is 1.99. The van der Waals surface area contributed by atoms with E-state index in [1.165, 1.54) is 16.7 Å². The molecule has 1 unspecified atom stereocenters. The van der Waals surface area contributed by atoms with Gasteiger partial charge in [0, 0.05) is 13.2 Å². The van der Waals surface area contributed by atoms with Crippen LogP contribution in [-0.2, 0) is 9.53 Å². The van der Waals surface area contributed by atoms with Crippen molar-refractivity contribution < 1.29 is 9.53 Å². The largest absolute Gasteiger partial charge is 0.380 e. The van der Waals surface area contributed by atoms with Gasteiger partial charge in [0.05, 0.1) is 13.2 Å². The minimum absolute atomic E-state index is 0.0205. The second kappa shape index (κ2) is 7.57. The van der Waals surface area contributed by atoms with Crippen molar-refractivity contribution in [2.75, 3.05) is 26.3 Å². The number of nitrogens with zero attached hydrogens (tertiary/aromatic N) is 1. The van der Waals surface area contributed by atoms with Crippen molar-refractivity contribution in [3.05, 3.63) is 34.9 Å². The first kappa shape index (κ1) is 16.0. The van der Waals surface area contributed by atoms with Crippen LogP contribution in [0.1, 0.15) is 42.6 Å². The van der Waals surface area contributed by atoms with Gasteiger partial charge in [0.25, 0.3) is 0 Å². The van der Waals surface area contributed by atoms with E-state index in [9.17, 15) is 4.79 Å². The molecule has 1 fully saturated rings. The normalized spacial score (nSPS) is 18.5. The number of rotatable bonds is 7. The van der Waals surface area contributed by atoms with Gasteiger partial charge in [-0.05, 0) is 31.4 Å². The first-order chi connectivity index (χ1) is 10.1. The molecule has 0 aromatic heterocycles. The van der Waals surface area contributed by atoms with E-state index >= 15 is 0 Å². The molecule has 2 rings (SSSR count). The molecule has 0 radical (unpaired) electrons. The molecule has 1 N–H and O–H groups in total. The number of ether oxygens (including phenoxy) is 1. The summed E-state index contributed by atoms with van der Waals surface area (Å²) in [4.78, 5) is 14.0. The van der Waals surface area contributed by atoms with Gasteiger partial charge in [0.2, 0.25) is 5.91 Å². The molecule has 0 aliphatic carbocycles. The standard InChI is InChI=1S/C17H26N2O2/c1-4-5-9-21-10-8-19-16(20)12-18-17(19)15-7-6-13(2)11-14(15)3/h6-7,11,17-18H,4-5,8-10,12H2,1-3H3. The Morgan fingerprint density at radius 1 is 1.33 bits per heavy atom. The van der Waals surface area contributed by atoms with E-state index in [0.29, 0.717) is 19.7 Å². The average Bonchev–Trinajstić information content (AvgIpc) is 2.80. The fraction of sp³-hybridized carbons (Fsp3) is 0.588. The summed E-state index contributed by atoms with van der Waals surface area (Å²) in [5, 5.41) is 3.31. The van der Waals surface area contributed by atoms with Crippen LogP contribution in [-0.4, -0.2) is 37.1 Å². The first-order valence-corrected chi connectivity index (χ1v) is 7.81. The van der Waals surface area contributed by atoms with Crippen molar-refractivity contribution in [3.8, 4) is 0 Å². The van der Waals surface area contributed by atoms with E-state index < -0.39 is 0 Å². The summed E-state index contributed by atoms with van der Waals surface area (Å²) in [6.45, 7) is 8.77. The predicted octanol–water partition coefficient (Wildman–Crippen LogP) is 2.55. The molecule has 116 valence electrons. The van der Waals surface area contributed by atoms with Gasteiger partial charge in [-0.3, -0.25) is 10.1 Å². The predicted molar refractivity (Wildman–Crippen MR) is 84.1 cm³/mol. The van der Waals surface area contributed by atoms with Gasteiger partial charge in [0.15, 0.2) is 0 Å². The molecule has 1 amide bonds. The van der Waals surface area contributed by atoms with Crippen LogP contribution in [0, 0.1) is 13.8 Å². The maximum absolute atomic E-state index is 12.1. The molecule has 1 aromatic rings.